The highest BCUT2D eigenvalue weighted by Crippen LogP contribution is 2.31. The Labute approximate surface area is 114 Å². The monoisotopic (exact) mass is 282 g/mol. The number of amides is 1. The zero-order chi connectivity index (χ0) is 14.2. The van der Waals surface area contributed by atoms with E-state index in [1.807, 2.05) is 0 Å². The molecule has 6 nitrogen and oxygen atoms in total. The molecule has 1 aromatic rings. The maximum Gasteiger partial charge on any atom is 0.271 e. The van der Waals surface area contributed by atoms with E-state index >= 15 is 0 Å². The Morgan fingerprint density at radius 1 is 1.53 bits per heavy atom. The molecule has 1 saturated heterocycles. The van der Waals surface area contributed by atoms with Crippen LogP contribution < -0.4 is 4.90 Å². The highest BCUT2D eigenvalue weighted by Gasteiger charge is 2.35. The summed E-state index contributed by atoms with van der Waals surface area (Å²) in [5.74, 6) is -0.796. The first-order valence-electron chi connectivity index (χ1n) is 5.65. The predicted molar refractivity (Wildman–Crippen MR) is 69.2 cm³/mol. The number of hydrogen-bond donors (Lipinski definition) is 0. The Bertz CT molecular complexity index is 573. The molecule has 1 heterocycles. The number of non-ortho nitro benzene ring substituents is 1. The molecule has 0 spiro atoms. The molecule has 0 aliphatic carbocycles. The smallest absolute Gasteiger partial charge is 0.271 e. The molecular formula is C12H11ClN2O4. The van der Waals surface area contributed by atoms with Crippen molar-refractivity contribution in [2.75, 3.05) is 11.4 Å². The van der Waals surface area contributed by atoms with Crippen LogP contribution >= 0.6 is 11.6 Å². The molecule has 1 aliphatic heterocycles. The number of nitrogens with zero attached hydrogens (tertiary/aromatic N) is 2. The first kappa shape index (κ1) is 13.5. The summed E-state index contributed by atoms with van der Waals surface area (Å²) < 4.78 is 0. The predicted octanol–water partition coefficient (Wildman–Crippen LogP) is 2.02. The molecule has 1 atom stereocenters. The maximum atomic E-state index is 11.9. The van der Waals surface area contributed by atoms with Gasteiger partial charge in [-0.05, 0) is 24.1 Å². The lowest BCUT2D eigenvalue weighted by atomic mass is 10.1. The molecule has 0 saturated carbocycles. The number of rotatable bonds is 3. The van der Waals surface area contributed by atoms with E-state index in [1.54, 1.807) is 13.0 Å². The summed E-state index contributed by atoms with van der Waals surface area (Å²) in [6, 6.07) is 4.30. The summed E-state index contributed by atoms with van der Waals surface area (Å²) in [5, 5.41) is 10.2. The van der Waals surface area contributed by atoms with Crippen LogP contribution in [0.25, 0.3) is 0 Å². The minimum Gasteiger partial charge on any atom is -0.311 e. The van der Waals surface area contributed by atoms with Crippen molar-refractivity contribution in [3.8, 4) is 0 Å². The first-order chi connectivity index (χ1) is 8.90. The van der Waals surface area contributed by atoms with E-state index in [1.165, 1.54) is 17.0 Å². The van der Waals surface area contributed by atoms with Crippen LogP contribution in [-0.4, -0.2) is 22.6 Å². The van der Waals surface area contributed by atoms with Crippen LogP contribution in [0.2, 0.25) is 0 Å². The molecular weight excluding hydrogens is 272 g/mol. The second-order valence-electron chi connectivity index (χ2n) is 4.44. The van der Waals surface area contributed by atoms with Gasteiger partial charge in [-0.1, -0.05) is 6.07 Å². The maximum absolute atomic E-state index is 11.9. The second kappa shape index (κ2) is 4.97. The highest BCUT2D eigenvalue weighted by molar-refractivity contribution is 6.64. The molecule has 1 amide bonds. The molecule has 0 bridgehead atoms. The topological polar surface area (TPSA) is 80.5 Å². The molecule has 0 aromatic heterocycles. The van der Waals surface area contributed by atoms with Crippen molar-refractivity contribution in [1.29, 1.82) is 0 Å². The molecule has 7 heteroatoms. The minimum atomic E-state index is -0.557. The van der Waals surface area contributed by atoms with Gasteiger partial charge in [0.2, 0.25) is 11.1 Å². The van der Waals surface area contributed by atoms with Gasteiger partial charge in [-0.15, -0.1) is 0 Å². The minimum absolute atomic E-state index is 0.0461. The number of halogens is 1. The Balaban J connectivity index is 2.36. The quantitative estimate of drug-likeness (QED) is 0.482. The van der Waals surface area contributed by atoms with E-state index in [4.69, 9.17) is 11.6 Å². The van der Waals surface area contributed by atoms with Crippen LogP contribution in [0.1, 0.15) is 12.0 Å². The van der Waals surface area contributed by atoms with Crippen molar-refractivity contribution < 1.29 is 14.5 Å². The zero-order valence-electron chi connectivity index (χ0n) is 10.1. The first-order valence-corrected chi connectivity index (χ1v) is 6.02. The number of hydrogen-bond acceptors (Lipinski definition) is 4. The van der Waals surface area contributed by atoms with E-state index in [2.05, 4.69) is 0 Å². The number of aryl methyl sites for hydroxylation is 1. The van der Waals surface area contributed by atoms with Gasteiger partial charge in [-0.2, -0.15) is 0 Å². The summed E-state index contributed by atoms with van der Waals surface area (Å²) in [7, 11) is 0. The highest BCUT2D eigenvalue weighted by atomic mass is 35.5. The molecule has 1 fully saturated rings. The second-order valence-corrected chi connectivity index (χ2v) is 4.81. The molecule has 1 aromatic carbocycles. The Hall–Kier alpha value is -1.95. The van der Waals surface area contributed by atoms with Crippen molar-refractivity contribution in [1.82, 2.24) is 0 Å². The van der Waals surface area contributed by atoms with E-state index in [-0.39, 0.29) is 24.6 Å². The summed E-state index contributed by atoms with van der Waals surface area (Å²) in [4.78, 5) is 34.6. The third-order valence-electron chi connectivity index (χ3n) is 3.14. The number of benzene rings is 1. The van der Waals surface area contributed by atoms with Crippen LogP contribution in [0.4, 0.5) is 11.4 Å². The molecule has 0 radical (unpaired) electrons. The number of carbonyl (C=O) groups is 2. The van der Waals surface area contributed by atoms with E-state index in [0.717, 1.165) is 5.56 Å². The van der Waals surface area contributed by atoms with Crippen LogP contribution in [0.15, 0.2) is 18.2 Å². The van der Waals surface area contributed by atoms with E-state index < -0.39 is 16.1 Å². The molecule has 100 valence electrons. The summed E-state index contributed by atoms with van der Waals surface area (Å²) in [6.45, 7) is 1.92. The fourth-order valence-corrected chi connectivity index (χ4v) is 2.24. The lowest BCUT2D eigenvalue weighted by Crippen LogP contribution is -2.26. The largest absolute Gasteiger partial charge is 0.311 e. The average Bonchev–Trinajstić information content (AvgIpc) is 2.72. The van der Waals surface area contributed by atoms with Crippen LogP contribution in [0.3, 0.4) is 0 Å². The van der Waals surface area contributed by atoms with Crippen LogP contribution in [0, 0.1) is 23.0 Å². The SMILES string of the molecule is Cc1ccc([N+](=O)[O-])cc1N1C[C@@H](C(=O)Cl)CC1=O. The molecule has 19 heavy (non-hydrogen) atoms. The zero-order valence-corrected chi connectivity index (χ0v) is 10.9. The van der Waals surface area contributed by atoms with E-state index in [0.29, 0.717) is 5.69 Å². The molecule has 2 rings (SSSR count). The molecule has 0 N–H and O–H groups in total. The van der Waals surface area contributed by atoms with Gasteiger partial charge in [0.05, 0.1) is 16.5 Å². The number of carbonyl (C=O) groups excluding carboxylic acids is 2. The third kappa shape index (κ3) is 2.58. The third-order valence-corrected chi connectivity index (χ3v) is 3.45. The van der Waals surface area contributed by atoms with Gasteiger partial charge < -0.3 is 4.90 Å². The van der Waals surface area contributed by atoms with Crippen molar-refractivity contribution in [3.63, 3.8) is 0 Å². The van der Waals surface area contributed by atoms with E-state index in [9.17, 15) is 19.7 Å². The van der Waals surface area contributed by atoms with Crippen molar-refractivity contribution in [2.45, 2.75) is 13.3 Å². The average molecular weight is 283 g/mol. The van der Waals surface area contributed by atoms with Crippen molar-refractivity contribution >= 4 is 34.1 Å². The number of nitro benzene ring substituents is 1. The van der Waals surface area contributed by atoms with Gasteiger partial charge in [-0.3, -0.25) is 19.7 Å². The van der Waals surface area contributed by atoms with Crippen LogP contribution in [-0.2, 0) is 9.59 Å². The number of nitro groups is 1. The van der Waals surface area contributed by atoms with Crippen molar-refractivity contribution in [3.05, 3.63) is 33.9 Å². The Morgan fingerprint density at radius 2 is 2.21 bits per heavy atom. The van der Waals surface area contributed by atoms with Gasteiger partial charge in [0.25, 0.3) is 5.69 Å². The van der Waals surface area contributed by atoms with Gasteiger partial charge >= 0.3 is 0 Å². The Kier molecular flexibility index (Phi) is 3.53. The summed E-state index contributed by atoms with van der Waals surface area (Å²) in [5.41, 5.74) is 1.11. The van der Waals surface area contributed by atoms with Gasteiger partial charge in [0, 0.05) is 25.1 Å². The standard InChI is InChI=1S/C12H11ClN2O4/c1-7-2-3-9(15(18)19)5-10(7)14-6-8(12(13)17)4-11(14)16/h2-3,5,8H,4,6H2,1H3/t8-/m0/s1. The molecule has 1 aliphatic rings. The normalized spacial score (nSPS) is 18.7. The summed E-state index contributed by atoms with van der Waals surface area (Å²) >= 11 is 5.40. The van der Waals surface area contributed by atoms with Gasteiger partial charge in [0.15, 0.2) is 0 Å². The summed E-state index contributed by atoms with van der Waals surface area (Å²) in [6.07, 6.45) is 0.0461. The Morgan fingerprint density at radius 3 is 2.74 bits per heavy atom. The van der Waals surface area contributed by atoms with Crippen LogP contribution in [0.5, 0.6) is 0 Å². The molecule has 0 unspecified atom stereocenters. The number of anilines is 1. The van der Waals surface area contributed by atoms with Gasteiger partial charge in [0.1, 0.15) is 0 Å². The lowest BCUT2D eigenvalue weighted by Gasteiger charge is -2.18. The lowest BCUT2D eigenvalue weighted by molar-refractivity contribution is -0.384. The van der Waals surface area contributed by atoms with Crippen molar-refractivity contribution in [2.24, 2.45) is 5.92 Å². The fourth-order valence-electron chi connectivity index (χ4n) is 2.09. The van der Waals surface area contributed by atoms with Gasteiger partial charge in [-0.25, -0.2) is 0 Å². The fraction of sp³-hybridized carbons (Fsp3) is 0.333.